The summed E-state index contributed by atoms with van der Waals surface area (Å²) in [4.78, 5) is 16.5. The molecule has 0 atom stereocenters. The van der Waals surface area contributed by atoms with E-state index in [4.69, 9.17) is 0 Å². The van der Waals surface area contributed by atoms with Crippen molar-refractivity contribution in [3.63, 3.8) is 0 Å². The first-order valence-electron chi connectivity index (χ1n) is 6.37. The van der Waals surface area contributed by atoms with Crippen molar-refractivity contribution < 1.29 is 13.3 Å². The molecule has 1 heterocycles. The Kier molecular flexibility index (Phi) is 4.77. The number of benzene rings is 1. The first-order valence-corrected chi connectivity index (χ1v) is 9.14. The monoisotopic (exact) mass is 341 g/mol. The minimum atomic E-state index is -3.48. The van der Waals surface area contributed by atoms with Gasteiger partial charge in [0.05, 0.1) is 14.8 Å². The molecule has 0 radical (unpaired) electrons. The van der Waals surface area contributed by atoms with Gasteiger partial charge in [0.25, 0.3) is 5.69 Å². The van der Waals surface area contributed by atoms with E-state index in [0.717, 1.165) is 17.3 Å². The molecular formula is C13H15N3O4S2. The van der Waals surface area contributed by atoms with Crippen LogP contribution in [0.15, 0.2) is 34.7 Å². The summed E-state index contributed by atoms with van der Waals surface area (Å²) < 4.78 is 23.1. The zero-order chi connectivity index (χ0) is 16.3. The summed E-state index contributed by atoms with van der Waals surface area (Å²) in [5, 5.41) is 14.0. The summed E-state index contributed by atoms with van der Waals surface area (Å²) in [6.07, 6.45) is 3.40. The van der Waals surface area contributed by atoms with Crippen LogP contribution in [-0.2, 0) is 16.3 Å². The van der Waals surface area contributed by atoms with Crippen LogP contribution in [0.25, 0.3) is 0 Å². The van der Waals surface area contributed by atoms with Gasteiger partial charge in [0.15, 0.2) is 9.84 Å². The van der Waals surface area contributed by atoms with Crippen molar-refractivity contribution in [2.45, 2.75) is 11.3 Å². The number of nitrogens with zero attached hydrogens (tertiary/aromatic N) is 3. The average Bonchev–Trinajstić information content (AvgIpc) is 2.96. The maximum Gasteiger partial charge on any atom is 0.293 e. The van der Waals surface area contributed by atoms with Crippen molar-refractivity contribution in [2.24, 2.45) is 0 Å². The maximum atomic E-state index is 11.5. The Labute approximate surface area is 132 Å². The molecule has 2 aromatic rings. The van der Waals surface area contributed by atoms with E-state index in [1.54, 1.807) is 18.1 Å². The van der Waals surface area contributed by atoms with Crippen LogP contribution in [0.1, 0.15) is 5.01 Å². The Balaban J connectivity index is 2.27. The van der Waals surface area contributed by atoms with Crippen molar-refractivity contribution in [3.05, 3.63) is 44.9 Å². The number of aromatic nitrogens is 1. The molecular weight excluding hydrogens is 326 g/mol. The Morgan fingerprint density at radius 1 is 1.41 bits per heavy atom. The highest BCUT2D eigenvalue weighted by Crippen LogP contribution is 2.30. The van der Waals surface area contributed by atoms with Gasteiger partial charge in [0.1, 0.15) is 5.69 Å². The molecule has 9 heteroatoms. The average molecular weight is 341 g/mol. The zero-order valence-corrected chi connectivity index (χ0v) is 13.7. The molecule has 0 fully saturated rings. The summed E-state index contributed by atoms with van der Waals surface area (Å²) in [5.41, 5.74) is 0.165. The van der Waals surface area contributed by atoms with E-state index < -0.39 is 14.8 Å². The van der Waals surface area contributed by atoms with E-state index in [-0.39, 0.29) is 10.6 Å². The number of thiazole rings is 1. The standard InChI is InChI=1S/C13H15N3O4S2/c1-15(7-5-13-14-6-8-21-13)11-4-3-10(22(2,19)20)9-12(11)16(17)18/h3-4,6,8-9H,5,7H2,1-2H3. The molecule has 0 aliphatic carbocycles. The second-order valence-corrected chi connectivity index (χ2v) is 7.77. The van der Waals surface area contributed by atoms with E-state index in [9.17, 15) is 18.5 Å². The van der Waals surface area contributed by atoms with Gasteiger partial charge in [-0.3, -0.25) is 10.1 Å². The van der Waals surface area contributed by atoms with E-state index in [1.807, 2.05) is 5.38 Å². The number of anilines is 1. The highest BCUT2D eigenvalue weighted by molar-refractivity contribution is 7.90. The number of likely N-dealkylation sites (N-methyl/N-ethyl adjacent to an activating group) is 1. The molecule has 0 aliphatic heterocycles. The summed E-state index contributed by atoms with van der Waals surface area (Å²) in [5.74, 6) is 0. The molecule has 1 aromatic carbocycles. The first-order chi connectivity index (χ1) is 10.3. The van der Waals surface area contributed by atoms with Crippen LogP contribution in [0.4, 0.5) is 11.4 Å². The molecule has 2 rings (SSSR count). The third-order valence-electron chi connectivity index (χ3n) is 3.13. The van der Waals surface area contributed by atoms with Gasteiger partial charge >= 0.3 is 0 Å². The van der Waals surface area contributed by atoms with Crippen molar-refractivity contribution >= 4 is 32.5 Å². The fourth-order valence-electron chi connectivity index (χ4n) is 1.96. The second-order valence-electron chi connectivity index (χ2n) is 4.78. The Bertz CT molecular complexity index is 773. The van der Waals surface area contributed by atoms with Gasteiger partial charge in [-0.05, 0) is 12.1 Å². The normalized spacial score (nSPS) is 11.4. The van der Waals surface area contributed by atoms with Crippen LogP contribution in [0.3, 0.4) is 0 Å². The highest BCUT2D eigenvalue weighted by Gasteiger charge is 2.21. The lowest BCUT2D eigenvalue weighted by molar-refractivity contribution is -0.384. The zero-order valence-electron chi connectivity index (χ0n) is 12.1. The fourth-order valence-corrected chi connectivity index (χ4v) is 3.21. The lowest BCUT2D eigenvalue weighted by Gasteiger charge is -2.18. The predicted molar refractivity (Wildman–Crippen MR) is 85.3 cm³/mol. The largest absolute Gasteiger partial charge is 0.369 e. The van der Waals surface area contributed by atoms with E-state index in [0.29, 0.717) is 18.7 Å². The molecule has 0 amide bonds. The van der Waals surface area contributed by atoms with Gasteiger partial charge in [-0.25, -0.2) is 13.4 Å². The molecule has 7 nitrogen and oxygen atoms in total. The number of sulfone groups is 1. The Morgan fingerprint density at radius 3 is 2.68 bits per heavy atom. The number of rotatable bonds is 6. The van der Waals surface area contributed by atoms with Gasteiger partial charge < -0.3 is 4.90 Å². The lowest BCUT2D eigenvalue weighted by atomic mass is 10.2. The van der Waals surface area contributed by atoms with Crippen LogP contribution in [0, 0.1) is 10.1 Å². The number of hydrogen-bond donors (Lipinski definition) is 0. The Morgan fingerprint density at radius 2 is 2.14 bits per heavy atom. The van der Waals surface area contributed by atoms with Gasteiger partial charge in [0.2, 0.25) is 0 Å². The third-order valence-corrected chi connectivity index (χ3v) is 5.08. The molecule has 0 spiro atoms. The maximum absolute atomic E-state index is 11.5. The number of hydrogen-bond acceptors (Lipinski definition) is 7. The Hall–Kier alpha value is -2.00. The molecule has 0 bridgehead atoms. The fraction of sp³-hybridized carbons (Fsp3) is 0.308. The quantitative estimate of drug-likeness (QED) is 0.590. The van der Waals surface area contributed by atoms with Crippen molar-refractivity contribution in [1.82, 2.24) is 4.98 Å². The van der Waals surface area contributed by atoms with Crippen LogP contribution in [-0.4, -0.2) is 38.2 Å². The summed E-state index contributed by atoms with van der Waals surface area (Å²) in [6.45, 7) is 0.548. The molecule has 0 unspecified atom stereocenters. The van der Waals surface area contributed by atoms with Crippen LogP contribution >= 0.6 is 11.3 Å². The molecule has 22 heavy (non-hydrogen) atoms. The van der Waals surface area contributed by atoms with Crippen molar-refractivity contribution in [2.75, 3.05) is 24.7 Å². The second kappa shape index (κ2) is 6.41. The van der Waals surface area contributed by atoms with Crippen LogP contribution in [0.5, 0.6) is 0 Å². The van der Waals surface area contributed by atoms with Gasteiger partial charge in [-0.15, -0.1) is 11.3 Å². The lowest BCUT2D eigenvalue weighted by Crippen LogP contribution is -2.21. The van der Waals surface area contributed by atoms with E-state index >= 15 is 0 Å². The topological polar surface area (TPSA) is 93.4 Å². The molecule has 0 saturated carbocycles. The van der Waals surface area contributed by atoms with Gasteiger partial charge in [-0.2, -0.15) is 0 Å². The summed E-state index contributed by atoms with van der Waals surface area (Å²) in [7, 11) is -1.75. The molecule has 1 aromatic heterocycles. The first kappa shape index (κ1) is 16.4. The highest BCUT2D eigenvalue weighted by atomic mass is 32.2. The predicted octanol–water partition coefficient (Wildman–Crippen LogP) is 2.13. The van der Waals surface area contributed by atoms with Crippen molar-refractivity contribution in [1.29, 1.82) is 0 Å². The van der Waals surface area contributed by atoms with E-state index in [1.165, 1.54) is 23.5 Å². The summed E-state index contributed by atoms with van der Waals surface area (Å²) in [6, 6.07) is 3.96. The number of nitro groups is 1. The minimum Gasteiger partial charge on any atom is -0.369 e. The van der Waals surface area contributed by atoms with Gasteiger partial charge in [-0.1, -0.05) is 0 Å². The van der Waals surface area contributed by atoms with Crippen LogP contribution < -0.4 is 4.90 Å². The molecule has 0 aliphatic rings. The molecule has 0 saturated heterocycles. The molecule has 0 N–H and O–H groups in total. The number of nitro benzene ring substituents is 1. The smallest absolute Gasteiger partial charge is 0.293 e. The summed E-state index contributed by atoms with van der Waals surface area (Å²) >= 11 is 1.53. The van der Waals surface area contributed by atoms with E-state index in [2.05, 4.69) is 4.98 Å². The minimum absolute atomic E-state index is 0.0590. The van der Waals surface area contributed by atoms with Crippen molar-refractivity contribution in [3.8, 4) is 0 Å². The van der Waals surface area contributed by atoms with Gasteiger partial charge in [0, 0.05) is 43.9 Å². The molecule has 118 valence electrons. The van der Waals surface area contributed by atoms with Crippen LogP contribution in [0.2, 0.25) is 0 Å². The third kappa shape index (κ3) is 3.80. The SMILES string of the molecule is CN(CCc1nccs1)c1ccc(S(C)(=O)=O)cc1[N+](=O)[O-].